The van der Waals surface area contributed by atoms with Gasteiger partial charge in [0.15, 0.2) is 11.5 Å². The lowest BCUT2D eigenvalue weighted by molar-refractivity contribution is -0.121. The Hall–Kier alpha value is -3.19. The third-order valence-corrected chi connectivity index (χ3v) is 6.27. The van der Waals surface area contributed by atoms with Gasteiger partial charge in [-0.2, -0.15) is 0 Å². The van der Waals surface area contributed by atoms with Crippen molar-refractivity contribution in [3.63, 3.8) is 0 Å². The van der Waals surface area contributed by atoms with E-state index >= 15 is 0 Å². The molecule has 7 heteroatoms. The Morgan fingerprint density at radius 1 is 0.882 bits per heavy atom. The normalized spacial score (nSPS) is 14.9. The standard InChI is InChI=1S/C27H36N2O5/c1-18(2)29-13-11-21(12-14-29)27(30)28-22-15-19(9-10-23(22)31-3)7-8-20-16-24(32-4)26(34-6)25(17-20)33-5/h7-10,15-18,21H,11-14H2,1-6H3,(H,28,30)/b8-7+. The fourth-order valence-electron chi connectivity index (χ4n) is 4.23. The molecule has 1 heterocycles. The third-order valence-electron chi connectivity index (χ3n) is 6.27. The van der Waals surface area contributed by atoms with Crippen molar-refractivity contribution in [2.24, 2.45) is 5.92 Å². The Morgan fingerprint density at radius 3 is 2.00 bits per heavy atom. The molecule has 1 N–H and O–H groups in total. The molecule has 2 aromatic carbocycles. The van der Waals surface area contributed by atoms with Gasteiger partial charge in [-0.3, -0.25) is 4.79 Å². The molecule has 0 radical (unpaired) electrons. The zero-order valence-corrected chi connectivity index (χ0v) is 21.0. The Bertz CT molecular complexity index is 985. The van der Waals surface area contributed by atoms with Crippen LogP contribution in [0.2, 0.25) is 0 Å². The number of carbonyl (C=O) groups excluding carboxylic acids is 1. The molecule has 0 unspecified atom stereocenters. The van der Waals surface area contributed by atoms with Crippen LogP contribution in [0.15, 0.2) is 30.3 Å². The minimum atomic E-state index is 0.0122. The minimum absolute atomic E-state index is 0.0122. The number of amides is 1. The van der Waals surface area contributed by atoms with Crippen molar-refractivity contribution in [3.05, 3.63) is 41.5 Å². The highest BCUT2D eigenvalue weighted by atomic mass is 16.5. The van der Waals surface area contributed by atoms with E-state index in [1.165, 1.54) is 0 Å². The molecule has 1 aliphatic rings. The highest BCUT2D eigenvalue weighted by Gasteiger charge is 2.26. The molecule has 0 bridgehead atoms. The summed E-state index contributed by atoms with van der Waals surface area (Å²) >= 11 is 0. The Balaban J connectivity index is 1.77. The van der Waals surface area contributed by atoms with Crippen molar-refractivity contribution in [1.29, 1.82) is 0 Å². The van der Waals surface area contributed by atoms with Crippen LogP contribution in [0.3, 0.4) is 0 Å². The van der Waals surface area contributed by atoms with Gasteiger partial charge in [0.1, 0.15) is 5.75 Å². The fraction of sp³-hybridized carbons (Fsp3) is 0.444. The summed E-state index contributed by atoms with van der Waals surface area (Å²) in [7, 11) is 6.38. The number of ether oxygens (including phenoxy) is 4. The molecular weight excluding hydrogens is 432 g/mol. The van der Waals surface area contributed by atoms with Gasteiger partial charge >= 0.3 is 0 Å². The number of hydrogen-bond donors (Lipinski definition) is 1. The topological polar surface area (TPSA) is 69.3 Å². The predicted molar refractivity (Wildman–Crippen MR) is 136 cm³/mol. The molecular formula is C27H36N2O5. The van der Waals surface area contributed by atoms with E-state index in [4.69, 9.17) is 18.9 Å². The molecule has 2 aromatic rings. The molecule has 1 saturated heterocycles. The number of methoxy groups -OCH3 is 4. The van der Waals surface area contributed by atoms with Gasteiger partial charge < -0.3 is 29.2 Å². The molecule has 0 saturated carbocycles. The van der Waals surface area contributed by atoms with Gasteiger partial charge in [-0.05, 0) is 75.2 Å². The zero-order chi connectivity index (χ0) is 24.7. The number of rotatable bonds is 9. The number of nitrogens with zero attached hydrogens (tertiary/aromatic N) is 1. The largest absolute Gasteiger partial charge is 0.495 e. The number of carbonyl (C=O) groups is 1. The monoisotopic (exact) mass is 468 g/mol. The second-order valence-corrected chi connectivity index (χ2v) is 8.64. The number of benzene rings is 2. The lowest BCUT2D eigenvalue weighted by atomic mass is 9.95. The lowest BCUT2D eigenvalue weighted by Gasteiger charge is -2.34. The van der Waals surface area contributed by atoms with Gasteiger partial charge in [0.2, 0.25) is 11.7 Å². The van der Waals surface area contributed by atoms with Gasteiger partial charge in [0.25, 0.3) is 0 Å². The highest BCUT2D eigenvalue weighted by molar-refractivity contribution is 5.94. The Labute approximate surface area is 202 Å². The number of hydrogen-bond acceptors (Lipinski definition) is 6. The van der Waals surface area contributed by atoms with Crippen molar-refractivity contribution in [2.75, 3.05) is 46.8 Å². The SMILES string of the molecule is COc1ccc(/C=C/c2cc(OC)c(OC)c(OC)c2)cc1NC(=O)C1CCN(C(C)C)CC1. The van der Waals surface area contributed by atoms with Crippen LogP contribution in [0.5, 0.6) is 23.0 Å². The van der Waals surface area contributed by atoms with Crippen LogP contribution in [0, 0.1) is 5.92 Å². The van der Waals surface area contributed by atoms with E-state index in [1.54, 1.807) is 28.4 Å². The number of nitrogens with one attached hydrogen (secondary N) is 1. The van der Waals surface area contributed by atoms with Crippen LogP contribution in [0.25, 0.3) is 12.2 Å². The van der Waals surface area contributed by atoms with Crippen LogP contribution >= 0.6 is 0 Å². The summed E-state index contributed by atoms with van der Waals surface area (Å²) in [6.07, 6.45) is 5.66. The smallest absolute Gasteiger partial charge is 0.227 e. The van der Waals surface area contributed by atoms with Crippen LogP contribution < -0.4 is 24.3 Å². The molecule has 34 heavy (non-hydrogen) atoms. The average molecular weight is 469 g/mol. The van der Waals surface area contributed by atoms with E-state index in [-0.39, 0.29) is 11.8 Å². The van der Waals surface area contributed by atoms with E-state index in [2.05, 4.69) is 24.1 Å². The second-order valence-electron chi connectivity index (χ2n) is 8.64. The van der Waals surface area contributed by atoms with Crippen molar-refractivity contribution in [1.82, 2.24) is 4.90 Å². The third kappa shape index (κ3) is 6.03. The van der Waals surface area contributed by atoms with E-state index in [9.17, 15) is 4.79 Å². The van der Waals surface area contributed by atoms with Crippen LogP contribution in [0.4, 0.5) is 5.69 Å². The first kappa shape index (κ1) is 25.4. The first-order valence-corrected chi connectivity index (χ1v) is 11.6. The molecule has 1 amide bonds. The van der Waals surface area contributed by atoms with Gasteiger partial charge in [0.05, 0.1) is 34.1 Å². The van der Waals surface area contributed by atoms with Crippen molar-refractivity contribution < 1.29 is 23.7 Å². The summed E-state index contributed by atoms with van der Waals surface area (Å²) in [5, 5.41) is 3.09. The maximum Gasteiger partial charge on any atom is 0.227 e. The number of anilines is 1. The fourth-order valence-corrected chi connectivity index (χ4v) is 4.23. The van der Waals surface area contributed by atoms with Gasteiger partial charge in [-0.25, -0.2) is 0 Å². The molecule has 0 spiro atoms. The lowest BCUT2D eigenvalue weighted by Crippen LogP contribution is -2.41. The summed E-state index contributed by atoms with van der Waals surface area (Å²) in [6, 6.07) is 10.0. The molecule has 0 aliphatic carbocycles. The molecule has 184 valence electrons. The van der Waals surface area contributed by atoms with E-state index in [0.717, 1.165) is 37.1 Å². The summed E-state index contributed by atoms with van der Waals surface area (Å²) < 4.78 is 21.8. The molecule has 1 fully saturated rings. The first-order valence-electron chi connectivity index (χ1n) is 11.6. The summed E-state index contributed by atoms with van der Waals surface area (Å²) in [6.45, 7) is 6.29. The van der Waals surface area contributed by atoms with Gasteiger partial charge in [-0.15, -0.1) is 0 Å². The Morgan fingerprint density at radius 2 is 1.47 bits per heavy atom. The molecule has 3 rings (SSSR count). The summed E-state index contributed by atoms with van der Waals surface area (Å²) in [4.78, 5) is 15.4. The summed E-state index contributed by atoms with van der Waals surface area (Å²) in [5.74, 6) is 2.43. The minimum Gasteiger partial charge on any atom is -0.495 e. The second kappa shape index (κ2) is 11.8. The van der Waals surface area contributed by atoms with Gasteiger partial charge in [0, 0.05) is 12.0 Å². The molecule has 1 aliphatic heterocycles. The summed E-state index contributed by atoms with van der Waals surface area (Å²) in [5.41, 5.74) is 2.50. The van der Waals surface area contributed by atoms with E-state index in [0.29, 0.717) is 34.7 Å². The Kier molecular flexibility index (Phi) is 8.82. The highest BCUT2D eigenvalue weighted by Crippen LogP contribution is 2.38. The van der Waals surface area contributed by atoms with Crippen LogP contribution in [0.1, 0.15) is 37.8 Å². The van der Waals surface area contributed by atoms with Crippen LogP contribution in [-0.4, -0.2) is 58.4 Å². The quantitative estimate of drug-likeness (QED) is 0.525. The van der Waals surface area contributed by atoms with Crippen molar-refractivity contribution in [3.8, 4) is 23.0 Å². The number of piperidine rings is 1. The van der Waals surface area contributed by atoms with Crippen molar-refractivity contribution >= 4 is 23.7 Å². The zero-order valence-electron chi connectivity index (χ0n) is 21.0. The maximum atomic E-state index is 13.0. The first-order chi connectivity index (χ1) is 16.4. The predicted octanol–water partition coefficient (Wildman–Crippen LogP) is 4.95. The van der Waals surface area contributed by atoms with E-state index < -0.39 is 0 Å². The average Bonchev–Trinajstić information content (AvgIpc) is 2.86. The molecule has 0 atom stereocenters. The van der Waals surface area contributed by atoms with Crippen LogP contribution in [-0.2, 0) is 4.79 Å². The molecule has 0 aromatic heterocycles. The van der Waals surface area contributed by atoms with Gasteiger partial charge in [-0.1, -0.05) is 18.2 Å². The molecule has 7 nitrogen and oxygen atoms in total. The van der Waals surface area contributed by atoms with Crippen molar-refractivity contribution in [2.45, 2.75) is 32.7 Å². The maximum absolute atomic E-state index is 13.0. The number of likely N-dealkylation sites (tertiary alicyclic amines) is 1. The van der Waals surface area contributed by atoms with E-state index in [1.807, 2.05) is 42.5 Å².